The second-order valence-corrected chi connectivity index (χ2v) is 9.01. The van der Waals surface area contributed by atoms with E-state index in [9.17, 15) is 0 Å². The molecule has 0 aromatic heterocycles. The van der Waals surface area contributed by atoms with E-state index in [-0.39, 0.29) is 27.3 Å². The summed E-state index contributed by atoms with van der Waals surface area (Å²) in [6.45, 7) is 0. The van der Waals surface area contributed by atoms with Crippen molar-refractivity contribution in [2.24, 2.45) is 10.3 Å². The molecule has 0 amide bonds. The Kier molecular flexibility index (Phi) is 6.04. The largest absolute Gasteiger partial charge is 0.387 e. The number of rotatable bonds is 4. The molecule has 32 heavy (non-hydrogen) atoms. The van der Waals surface area contributed by atoms with Crippen LogP contribution in [0.3, 0.4) is 0 Å². The summed E-state index contributed by atoms with van der Waals surface area (Å²) in [5, 5.41) is 9.52. The van der Waals surface area contributed by atoms with Crippen molar-refractivity contribution in [3.8, 4) is 0 Å². The zero-order chi connectivity index (χ0) is 22.2. The predicted octanol–water partition coefficient (Wildman–Crippen LogP) is 8.03. The number of halogens is 4. The van der Waals surface area contributed by atoms with Gasteiger partial charge >= 0.3 is 0 Å². The topological polar surface area (TPSA) is 43.2 Å². The summed E-state index contributed by atoms with van der Waals surface area (Å²) in [5.74, 6) is 0. The molecule has 2 aliphatic heterocycles. The normalized spacial score (nSPS) is 19.9. The zero-order valence-electron chi connectivity index (χ0n) is 16.6. The molecule has 0 saturated carbocycles. The minimum atomic E-state index is -0.231. The average molecular weight is 506 g/mol. The summed E-state index contributed by atoms with van der Waals surface area (Å²) in [7, 11) is 0. The van der Waals surface area contributed by atoms with Gasteiger partial charge in [0.25, 0.3) is 0 Å². The quantitative estimate of drug-likeness (QED) is 0.266. The molecule has 0 N–H and O–H groups in total. The van der Waals surface area contributed by atoms with Gasteiger partial charge in [-0.25, -0.2) is 0 Å². The molecule has 5 rings (SSSR count). The molecular weight excluding hydrogens is 490 g/mol. The maximum absolute atomic E-state index is 6.84. The van der Waals surface area contributed by atoms with Crippen LogP contribution in [0, 0.1) is 0 Å². The van der Waals surface area contributed by atoms with E-state index in [0.29, 0.717) is 40.4 Å². The lowest BCUT2D eigenvalue weighted by atomic mass is 9.95. The van der Waals surface area contributed by atoms with Gasteiger partial charge in [0.15, 0.2) is 12.2 Å². The van der Waals surface area contributed by atoms with E-state index in [4.69, 9.17) is 56.1 Å². The highest BCUT2D eigenvalue weighted by Gasteiger charge is 2.34. The van der Waals surface area contributed by atoms with Crippen LogP contribution in [0.15, 0.2) is 71.0 Å². The summed E-state index contributed by atoms with van der Waals surface area (Å²) in [5.41, 5.74) is 4.24. The van der Waals surface area contributed by atoms with Gasteiger partial charge in [-0.05, 0) is 11.1 Å². The van der Waals surface area contributed by atoms with E-state index < -0.39 is 0 Å². The van der Waals surface area contributed by atoms with Crippen LogP contribution >= 0.6 is 46.4 Å². The van der Waals surface area contributed by atoms with Gasteiger partial charge in [-0.3, -0.25) is 0 Å². The Morgan fingerprint density at radius 2 is 0.969 bits per heavy atom. The molecule has 2 heterocycles. The fourth-order valence-electron chi connectivity index (χ4n) is 3.88. The first-order valence-corrected chi connectivity index (χ1v) is 11.5. The highest BCUT2D eigenvalue weighted by molar-refractivity contribution is 6.53. The van der Waals surface area contributed by atoms with Crippen molar-refractivity contribution in [2.45, 2.75) is 25.0 Å². The molecule has 2 atom stereocenters. The van der Waals surface area contributed by atoms with Crippen molar-refractivity contribution in [2.75, 3.05) is 0 Å². The predicted molar refractivity (Wildman–Crippen MR) is 129 cm³/mol. The molecular formula is C24H16Cl4N2O2. The van der Waals surface area contributed by atoms with Gasteiger partial charge < -0.3 is 9.68 Å². The van der Waals surface area contributed by atoms with Crippen LogP contribution in [0.5, 0.6) is 0 Å². The van der Waals surface area contributed by atoms with Gasteiger partial charge in [0.2, 0.25) is 0 Å². The standard InChI is InChI=1S/C24H16Cl4N2O2/c25-21-19(15-11-17(31-29-15)13-7-3-1-4-8-13)22(26)24(28)23(27)20(21)16-12-18(32-30-16)14-9-5-2-6-10-14/h1-10,17-18H,11-12H2. The second kappa shape index (κ2) is 8.95. The smallest absolute Gasteiger partial charge is 0.158 e. The highest BCUT2D eigenvalue weighted by atomic mass is 35.5. The Bertz CT molecular complexity index is 1140. The fraction of sp³-hybridized carbons (Fsp3) is 0.167. The molecule has 2 aliphatic rings. The first kappa shape index (κ1) is 21.6. The maximum atomic E-state index is 6.84. The minimum Gasteiger partial charge on any atom is -0.387 e. The van der Waals surface area contributed by atoms with Gasteiger partial charge in [0.05, 0.1) is 31.5 Å². The van der Waals surface area contributed by atoms with E-state index in [1.807, 2.05) is 60.7 Å². The van der Waals surface area contributed by atoms with Crippen LogP contribution in [0.25, 0.3) is 0 Å². The summed E-state index contributed by atoms with van der Waals surface area (Å²) in [4.78, 5) is 11.3. The summed E-state index contributed by atoms with van der Waals surface area (Å²) in [6.07, 6.45) is 0.532. The van der Waals surface area contributed by atoms with Crippen molar-refractivity contribution in [1.29, 1.82) is 0 Å². The Morgan fingerprint density at radius 3 is 1.38 bits per heavy atom. The summed E-state index contributed by atoms with van der Waals surface area (Å²) < 4.78 is 0. The zero-order valence-corrected chi connectivity index (χ0v) is 19.6. The number of hydrogen-bond acceptors (Lipinski definition) is 4. The van der Waals surface area contributed by atoms with Gasteiger partial charge in [-0.1, -0.05) is 117 Å². The molecule has 0 radical (unpaired) electrons. The fourth-order valence-corrected chi connectivity index (χ4v) is 5.22. The Balaban J connectivity index is 1.48. The van der Waals surface area contributed by atoms with Gasteiger partial charge in [-0.2, -0.15) is 0 Å². The van der Waals surface area contributed by atoms with E-state index in [1.54, 1.807) is 0 Å². The summed E-state index contributed by atoms with van der Waals surface area (Å²) in [6, 6.07) is 19.7. The van der Waals surface area contributed by atoms with Crippen LogP contribution in [0.4, 0.5) is 0 Å². The molecule has 3 aromatic rings. The highest BCUT2D eigenvalue weighted by Crippen LogP contribution is 2.46. The molecule has 8 heteroatoms. The second-order valence-electron chi connectivity index (χ2n) is 7.50. The lowest BCUT2D eigenvalue weighted by Gasteiger charge is -2.15. The molecule has 0 spiro atoms. The Labute approximate surface area is 205 Å². The minimum absolute atomic E-state index is 0.194. The Morgan fingerprint density at radius 1 is 0.562 bits per heavy atom. The lowest BCUT2D eigenvalue weighted by Crippen LogP contribution is -2.09. The van der Waals surface area contributed by atoms with Crippen LogP contribution in [0.1, 0.15) is 47.3 Å². The van der Waals surface area contributed by atoms with Crippen molar-refractivity contribution >= 4 is 57.8 Å². The molecule has 4 nitrogen and oxygen atoms in total. The molecule has 0 fully saturated rings. The number of hydrogen-bond donors (Lipinski definition) is 0. The van der Waals surface area contributed by atoms with Crippen molar-refractivity contribution in [3.63, 3.8) is 0 Å². The van der Waals surface area contributed by atoms with Gasteiger partial charge in [0.1, 0.15) is 0 Å². The third-order valence-electron chi connectivity index (χ3n) is 5.52. The van der Waals surface area contributed by atoms with Crippen molar-refractivity contribution in [1.82, 2.24) is 0 Å². The number of nitrogens with zero attached hydrogens (tertiary/aromatic N) is 2. The van der Waals surface area contributed by atoms with E-state index >= 15 is 0 Å². The molecule has 0 bridgehead atoms. The SMILES string of the molecule is Clc1c(Cl)c(C2=NOC(c3ccccc3)C2)c(Cl)c(C2=NOC(c3ccccc3)C2)c1Cl. The molecule has 0 saturated heterocycles. The summed E-state index contributed by atoms with van der Waals surface area (Å²) >= 11 is 26.5. The first-order chi connectivity index (χ1) is 15.5. The molecule has 2 unspecified atom stereocenters. The molecule has 162 valence electrons. The van der Waals surface area contributed by atoms with Gasteiger partial charge in [0, 0.05) is 24.0 Å². The third-order valence-corrected chi connectivity index (χ3v) is 7.23. The monoisotopic (exact) mass is 504 g/mol. The lowest BCUT2D eigenvalue weighted by molar-refractivity contribution is 0.0857. The Hall–Kier alpha value is -2.24. The van der Waals surface area contributed by atoms with Gasteiger partial charge in [-0.15, -0.1) is 0 Å². The number of benzene rings is 3. The van der Waals surface area contributed by atoms with Crippen molar-refractivity contribution in [3.05, 3.63) is 103 Å². The first-order valence-electron chi connectivity index (χ1n) is 9.96. The van der Waals surface area contributed by atoms with Crippen molar-refractivity contribution < 1.29 is 9.68 Å². The molecule has 0 aliphatic carbocycles. The maximum Gasteiger partial charge on any atom is 0.158 e. The van der Waals surface area contributed by atoms with E-state index in [0.717, 1.165) is 11.1 Å². The van der Waals surface area contributed by atoms with Crippen LogP contribution < -0.4 is 0 Å². The van der Waals surface area contributed by atoms with Crippen LogP contribution in [-0.2, 0) is 9.68 Å². The van der Waals surface area contributed by atoms with Crippen LogP contribution in [0.2, 0.25) is 20.1 Å². The van der Waals surface area contributed by atoms with Crippen LogP contribution in [-0.4, -0.2) is 11.4 Å². The average Bonchev–Trinajstić information content (AvgIpc) is 3.50. The van der Waals surface area contributed by atoms with E-state index in [1.165, 1.54) is 0 Å². The third kappa shape index (κ3) is 3.86. The number of oxime groups is 2. The molecule has 3 aromatic carbocycles. The van der Waals surface area contributed by atoms with E-state index in [2.05, 4.69) is 10.3 Å².